The van der Waals surface area contributed by atoms with E-state index in [1.165, 1.54) is 14.2 Å². The summed E-state index contributed by atoms with van der Waals surface area (Å²) in [5.74, 6) is 0.462. The molecule has 0 aromatic heterocycles. The largest absolute Gasteiger partial charge is 0.493 e. The van der Waals surface area contributed by atoms with Crippen LogP contribution in [0.3, 0.4) is 0 Å². The summed E-state index contributed by atoms with van der Waals surface area (Å²) in [7, 11) is 3.04. The van der Waals surface area contributed by atoms with E-state index in [-0.39, 0.29) is 10.6 Å². The molecule has 0 heterocycles. The molecule has 1 atom stereocenters. The topological polar surface area (TPSA) is 44.5 Å². The minimum atomic E-state index is -0.722. The van der Waals surface area contributed by atoms with Gasteiger partial charge >= 0.3 is 0 Å². The predicted molar refractivity (Wildman–Crippen MR) is 84.7 cm³/mol. The highest BCUT2D eigenvalue weighted by atomic mass is 79.9. The van der Waals surface area contributed by atoms with E-state index in [2.05, 4.69) is 15.9 Å². The molecule has 2 aromatic carbocycles. The minimum Gasteiger partial charge on any atom is -0.493 e. The number of methoxy groups -OCH3 is 2. The van der Waals surface area contributed by atoms with Crippen molar-refractivity contribution in [1.82, 2.24) is 0 Å². The highest BCUT2D eigenvalue weighted by Crippen LogP contribution is 2.38. The van der Waals surface area contributed by atoms with Crippen LogP contribution in [-0.4, -0.2) is 14.2 Å². The summed E-state index contributed by atoms with van der Waals surface area (Å²) in [4.78, 5) is 0. The fraction of sp³-hybridized carbons (Fsp3) is 0.200. The second-order valence-electron chi connectivity index (χ2n) is 4.32. The van der Waals surface area contributed by atoms with Gasteiger partial charge in [-0.2, -0.15) is 0 Å². The number of ether oxygens (including phenoxy) is 2. The summed E-state index contributed by atoms with van der Waals surface area (Å²) in [6, 6.07) is 7.82. The number of para-hydroxylation sites is 1. The van der Waals surface area contributed by atoms with Crippen LogP contribution in [0.2, 0.25) is 5.02 Å². The number of hydrogen-bond acceptors (Lipinski definition) is 3. The maximum absolute atomic E-state index is 14.3. The van der Waals surface area contributed by atoms with E-state index in [0.717, 1.165) is 0 Å². The van der Waals surface area contributed by atoms with Gasteiger partial charge in [-0.3, -0.25) is 0 Å². The summed E-state index contributed by atoms with van der Waals surface area (Å²) in [5.41, 5.74) is 7.09. The van der Waals surface area contributed by atoms with Gasteiger partial charge in [0.15, 0.2) is 11.5 Å². The third kappa shape index (κ3) is 3.00. The molecule has 6 heteroatoms. The van der Waals surface area contributed by atoms with E-state index in [9.17, 15) is 4.39 Å². The van der Waals surface area contributed by atoms with Gasteiger partial charge in [0.2, 0.25) is 0 Å². The lowest BCUT2D eigenvalue weighted by molar-refractivity contribution is 0.350. The average molecular weight is 375 g/mol. The Bertz CT molecular complexity index is 666. The molecule has 1 unspecified atom stereocenters. The normalized spacial score (nSPS) is 12.1. The SMILES string of the molecule is COc1cccc(C(N)c2ccc(Br)c(Cl)c2F)c1OC. The molecule has 0 aliphatic carbocycles. The Balaban J connectivity index is 2.55. The fourth-order valence-corrected chi connectivity index (χ4v) is 2.58. The standard InChI is InChI=1S/C15H14BrClFNO2/c1-20-11-5-3-4-9(15(11)21-2)14(19)8-6-7-10(16)12(17)13(8)18/h3-7,14H,19H2,1-2H3. The Morgan fingerprint density at radius 3 is 2.48 bits per heavy atom. The Morgan fingerprint density at radius 2 is 1.86 bits per heavy atom. The maximum atomic E-state index is 14.3. The van der Waals surface area contributed by atoms with E-state index in [0.29, 0.717) is 21.5 Å². The molecule has 0 fully saturated rings. The van der Waals surface area contributed by atoms with E-state index in [4.69, 9.17) is 26.8 Å². The number of hydrogen-bond donors (Lipinski definition) is 1. The molecule has 0 saturated carbocycles. The van der Waals surface area contributed by atoms with Crippen molar-refractivity contribution >= 4 is 27.5 Å². The van der Waals surface area contributed by atoms with Crippen LogP contribution in [0.1, 0.15) is 17.2 Å². The van der Waals surface area contributed by atoms with Crippen LogP contribution in [-0.2, 0) is 0 Å². The highest BCUT2D eigenvalue weighted by molar-refractivity contribution is 9.10. The molecule has 0 radical (unpaired) electrons. The van der Waals surface area contributed by atoms with Crippen LogP contribution in [0.25, 0.3) is 0 Å². The van der Waals surface area contributed by atoms with Crippen molar-refractivity contribution in [3.8, 4) is 11.5 Å². The fourth-order valence-electron chi connectivity index (χ4n) is 2.11. The maximum Gasteiger partial charge on any atom is 0.165 e. The molecule has 0 amide bonds. The lowest BCUT2D eigenvalue weighted by Crippen LogP contribution is -2.15. The van der Waals surface area contributed by atoms with Gasteiger partial charge in [0.1, 0.15) is 5.82 Å². The molecule has 2 N–H and O–H groups in total. The van der Waals surface area contributed by atoms with E-state index in [1.807, 2.05) is 0 Å². The number of halogens is 3. The molecule has 2 rings (SSSR count). The van der Waals surface area contributed by atoms with Crippen molar-refractivity contribution in [2.45, 2.75) is 6.04 Å². The summed E-state index contributed by atoms with van der Waals surface area (Å²) in [6.07, 6.45) is 0. The first-order valence-corrected chi connectivity index (χ1v) is 7.28. The van der Waals surface area contributed by atoms with Crippen molar-refractivity contribution in [2.75, 3.05) is 14.2 Å². The Morgan fingerprint density at radius 1 is 1.14 bits per heavy atom. The first-order valence-electron chi connectivity index (χ1n) is 6.11. The van der Waals surface area contributed by atoms with Crippen LogP contribution < -0.4 is 15.2 Å². The molecule has 0 spiro atoms. The van der Waals surface area contributed by atoms with Crippen LogP contribution in [0.15, 0.2) is 34.8 Å². The Labute approximate surface area is 135 Å². The van der Waals surface area contributed by atoms with Crippen LogP contribution in [0.4, 0.5) is 4.39 Å². The van der Waals surface area contributed by atoms with Gasteiger partial charge in [0, 0.05) is 15.6 Å². The summed E-state index contributed by atoms with van der Waals surface area (Å²) < 4.78 is 25.3. The summed E-state index contributed by atoms with van der Waals surface area (Å²) in [5, 5.41) is 0.00446. The van der Waals surface area contributed by atoms with E-state index in [1.54, 1.807) is 30.3 Å². The zero-order valence-electron chi connectivity index (χ0n) is 11.5. The number of benzene rings is 2. The third-order valence-corrected chi connectivity index (χ3v) is 4.43. The molecule has 112 valence electrons. The van der Waals surface area contributed by atoms with Crippen molar-refractivity contribution in [2.24, 2.45) is 5.73 Å². The second-order valence-corrected chi connectivity index (χ2v) is 5.56. The van der Waals surface area contributed by atoms with Gasteiger partial charge in [-0.15, -0.1) is 0 Å². The molecule has 2 aromatic rings. The first kappa shape index (κ1) is 16.1. The number of nitrogens with two attached hydrogens (primary N) is 1. The van der Waals surface area contributed by atoms with Crippen LogP contribution >= 0.6 is 27.5 Å². The van der Waals surface area contributed by atoms with Crippen LogP contribution in [0.5, 0.6) is 11.5 Å². The molecule has 0 bridgehead atoms. The molecule has 0 saturated heterocycles. The third-order valence-electron chi connectivity index (χ3n) is 3.17. The highest BCUT2D eigenvalue weighted by Gasteiger charge is 2.22. The minimum absolute atomic E-state index is 0.00446. The van der Waals surface area contributed by atoms with Crippen molar-refractivity contribution in [3.63, 3.8) is 0 Å². The monoisotopic (exact) mass is 373 g/mol. The van der Waals surface area contributed by atoms with E-state index >= 15 is 0 Å². The molecular weight excluding hydrogens is 361 g/mol. The van der Waals surface area contributed by atoms with Crippen LogP contribution in [0, 0.1) is 5.82 Å². The molecular formula is C15H14BrClFNO2. The summed E-state index contributed by atoms with van der Waals surface area (Å²) >= 11 is 9.09. The predicted octanol–water partition coefficient (Wildman–Crippen LogP) is 4.31. The zero-order valence-corrected chi connectivity index (χ0v) is 13.8. The first-order chi connectivity index (χ1) is 10.0. The lowest BCUT2D eigenvalue weighted by Gasteiger charge is -2.19. The van der Waals surface area contributed by atoms with Gasteiger partial charge in [-0.05, 0) is 28.1 Å². The Hall–Kier alpha value is -1.30. The van der Waals surface area contributed by atoms with Gasteiger partial charge in [0.05, 0.1) is 25.3 Å². The second kappa shape index (κ2) is 6.64. The molecule has 21 heavy (non-hydrogen) atoms. The van der Waals surface area contributed by atoms with Crippen molar-refractivity contribution in [3.05, 3.63) is 56.8 Å². The molecule has 0 aliphatic heterocycles. The average Bonchev–Trinajstić information content (AvgIpc) is 2.51. The summed E-state index contributed by atoms with van der Waals surface area (Å²) in [6.45, 7) is 0. The lowest BCUT2D eigenvalue weighted by atomic mass is 9.98. The van der Waals surface area contributed by atoms with Crippen molar-refractivity contribution < 1.29 is 13.9 Å². The zero-order chi connectivity index (χ0) is 15.6. The smallest absolute Gasteiger partial charge is 0.165 e. The van der Waals surface area contributed by atoms with Gasteiger partial charge in [-0.1, -0.05) is 29.8 Å². The quantitative estimate of drug-likeness (QED) is 0.811. The Kier molecular flexibility index (Phi) is 5.08. The number of rotatable bonds is 4. The molecule has 3 nitrogen and oxygen atoms in total. The van der Waals surface area contributed by atoms with Gasteiger partial charge in [-0.25, -0.2) is 4.39 Å². The van der Waals surface area contributed by atoms with Gasteiger partial charge < -0.3 is 15.2 Å². The van der Waals surface area contributed by atoms with Gasteiger partial charge in [0.25, 0.3) is 0 Å². The molecule has 0 aliphatic rings. The van der Waals surface area contributed by atoms with Crippen molar-refractivity contribution in [1.29, 1.82) is 0 Å². The van der Waals surface area contributed by atoms with E-state index < -0.39 is 11.9 Å².